The number of nitrogens with zero attached hydrogens (tertiary/aromatic N) is 1. The van der Waals surface area contributed by atoms with Crippen LogP contribution in [0.3, 0.4) is 0 Å². The Kier molecular flexibility index (Phi) is 7.18. The molecule has 0 heterocycles. The molecule has 0 aromatic heterocycles. The summed E-state index contributed by atoms with van der Waals surface area (Å²) in [5, 5.41) is 0. The molecule has 0 aliphatic heterocycles. The molecule has 4 heteroatoms. The Balaban J connectivity index is 1.74. The van der Waals surface area contributed by atoms with Gasteiger partial charge in [-0.05, 0) is 65.4 Å². The van der Waals surface area contributed by atoms with Crippen molar-refractivity contribution in [3.63, 3.8) is 0 Å². The first-order valence-corrected chi connectivity index (χ1v) is 10.8. The minimum atomic E-state index is 0.191. The van der Waals surface area contributed by atoms with Gasteiger partial charge in [0.2, 0.25) is 5.91 Å². The lowest BCUT2D eigenvalue weighted by Gasteiger charge is -2.41. The number of hydrogen-bond acceptors (Lipinski definition) is 2. The van der Waals surface area contributed by atoms with E-state index in [1.54, 1.807) is 13.2 Å². The Morgan fingerprint density at radius 2 is 1.62 bits per heavy atom. The van der Waals surface area contributed by atoms with Crippen LogP contribution < -0.4 is 4.74 Å². The normalized spacial score (nSPS) is 19.6. The van der Waals surface area contributed by atoms with Crippen LogP contribution in [0.2, 0.25) is 0 Å². The van der Waals surface area contributed by atoms with Crippen LogP contribution in [0, 0.1) is 0 Å². The molecule has 1 amide bonds. The number of ether oxygens (including phenoxy) is 1. The van der Waals surface area contributed by atoms with Crippen LogP contribution in [-0.4, -0.2) is 30.0 Å². The van der Waals surface area contributed by atoms with E-state index < -0.39 is 0 Å². The molecule has 0 radical (unpaired) electrons. The number of hydrogen-bond donors (Lipinski definition) is 0. The number of rotatable bonds is 5. The van der Waals surface area contributed by atoms with Crippen LogP contribution in [0.25, 0.3) is 6.08 Å². The van der Waals surface area contributed by atoms with Gasteiger partial charge in [0.05, 0.1) is 11.6 Å². The molecule has 26 heavy (non-hydrogen) atoms. The number of benzene rings is 1. The number of methoxy groups -OCH3 is 1. The Hall–Kier alpha value is -1.29. The van der Waals surface area contributed by atoms with Gasteiger partial charge in [-0.2, -0.15) is 0 Å². The minimum Gasteiger partial charge on any atom is -0.496 e. The standard InChI is InChI=1S/C22H30BrNO2/c1-26-21-14-12-17(16-20(21)23)13-15-22(25)24(18-8-4-2-5-9-18)19-10-6-3-7-11-19/h12-16,18-19H,2-11H2,1H3/b15-13+. The van der Waals surface area contributed by atoms with Gasteiger partial charge in [0.15, 0.2) is 0 Å². The molecule has 0 N–H and O–H groups in total. The molecule has 0 bridgehead atoms. The predicted molar refractivity (Wildman–Crippen MR) is 110 cm³/mol. The zero-order valence-electron chi connectivity index (χ0n) is 15.8. The lowest BCUT2D eigenvalue weighted by Crippen LogP contribution is -2.48. The van der Waals surface area contributed by atoms with Gasteiger partial charge in [0.25, 0.3) is 0 Å². The third kappa shape index (κ3) is 4.91. The van der Waals surface area contributed by atoms with Gasteiger partial charge in [-0.1, -0.05) is 44.6 Å². The molecule has 2 aliphatic carbocycles. The Bertz CT molecular complexity index is 613. The Labute approximate surface area is 165 Å². The van der Waals surface area contributed by atoms with Crippen LogP contribution in [0.4, 0.5) is 0 Å². The molecule has 1 aromatic rings. The highest BCUT2D eigenvalue weighted by atomic mass is 79.9. The Morgan fingerprint density at radius 1 is 1.04 bits per heavy atom. The molecule has 0 spiro atoms. The average Bonchev–Trinajstić information content (AvgIpc) is 2.68. The van der Waals surface area contributed by atoms with Crippen molar-refractivity contribution in [2.45, 2.75) is 76.3 Å². The van der Waals surface area contributed by atoms with Crippen molar-refractivity contribution in [3.05, 3.63) is 34.3 Å². The summed E-state index contributed by atoms with van der Waals surface area (Å²) in [6.07, 6.45) is 16.1. The molecule has 0 saturated heterocycles. The van der Waals surface area contributed by atoms with Crippen molar-refractivity contribution in [2.75, 3.05) is 7.11 Å². The summed E-state index contributed by atoms with van der Waals surface area (Å²) in [6.45, 7) is 0. The second-order valence-electron chi connectivity index (χ2n) is 7.56. The van der Waals surface area contributed by atoms with Gasteiger partial charge < -0.3 is 9.64 Å². The quantitative estimate of drug-likeness (QED) is 0.550. The van der Waals surface area contributed by atoms with Gasteiger partial charge in [0, 0.05) is 18.2 Å². The molecule has 0 atom stereocenters. The number of carbonyl (C=O) groups is 1. The molecule has 142 valence electrons. The third-order valence-corrected chi connectivity index (χ3v) is 6.40. The number of halogens is 1. The van der Waals surface area contributed by atoms with Gasteiger partial charge in [-0.3, -0.25) is 4.79 Å². The summed E-state index contributed by atoms with van der Waals surface area (Å²) in [5.74, 6) is 0.996. The summed E-state index contributed by atoms with van der Waals surface area (Å²) < 4.78 is 6.18. The zero-order chi connectivity index (χ0) is 18.4. The molecule has 3 nitrogen and oxygen atoms in total. The van der Waals surface area contributed by atoms with E-state index >= 15 is 0 Å². The molecule has 2 saturated carbocycles. The predicted octanol–water partition coefficient (Wildman–Crippen LogP) is 5.96. The molecule has 3 rings (SSSR count). The maximum Gasteiger partial charge on any atom is 0.247 e. The maximum absolute atomic E-state index is 13.1. The fraction of sp³-hybridized carbons (Fsp3) is 0.591. The highest BCUT2D eigenvalue weighted by molar-refractivity contribution is 9.10. The van der Waals surface area contributed by atoms with E-state index in [2.05, 4.69) is 20.8 Å². The van der Waals surface area contributed by atoms with Crippen LogP contribution in [-0.2, 0) is 4.79 Å². The summed E-state index contributed by atoms with van der Waals surface area (Å²) in [5.41, 5.74) is 1.01. The number of amides is 1. The summed E-state index contributed by atoms with van der Waals surface area (Å²) in [7, 11) is 1.66. The first kappa shape index (κ1) is 19.5. The van der Waals surface area contributed by atoms with E-state index in [-0.39, 0.29) is 5.91 Å². The van der Waals surface area contributed by atoms with Crippen LogP contribution >= 0.6 is 15.9 Å². The molecular formula is C22H30BrNO2. The summed E-state index contributed by atoms with van der Waals surface area (Å²) >= 11 is 3.51. The van der Waals surface area contributed by atoms with Crippen molar-refractivity contribution in [2.24, 2.45) is 0 Å². The second kappa shape index (κ2) is 9.59. The van der Waals surface area contributed by atoms with E-state index in [9.17, 15) is 4.79 Å². The monoisotopic (exact) mass is 419 g/mol. The summed E-state index contributed by atoms with van der Waals surface area (Å²) in [6, 6.07) is 6.78. The van der Waals surface area contributed by atoms with Crippen molar-refractivity contribution in [3.8, 4) is 5.75 Å². The zero-order valence-corrected chi connectivity index (χ0v) is 17.3. The van der Waals surface area contributed by atoms with Crippen molar-refractivity contribution in [1.29, 1.82) is 0 Å². The third-order valence-electron chi connectivity index (χ3n) is 5.78. The van der Waals surface area contributed by atoms with E-state index in [0.29, 0.717) is 12.1 Å². The number of carbonyl (C=O) groups excluding carboxylic acids is 1. The maximum atomic E-state index is 13.1. The van der Waals surface area contributed by atoms with Gasteiger partial charge in [-0.15, -0.1) is 0 Å². The van der Waals surface area contributed by atoms with Crippen LogP contribution in [0.5, 0.6) is 5.75 Å². The van der Waals surface area contributed by atoms with Gasteiger partial charge in [-0.25, -0.2) is 0 Å². The first-order chi connectivity index (χ1) is 12.7. The minimum absolute atomic E-state index is 0.191. The highest BCUT2D eigenvalue weighted by Gasteiger charge is 2.31. The van der Waals surface area contributed by atoms with E-state index in [4.69, 9.17) is 4.74 Å². The van der Waals surface area contributed by atoms with Crippen molar-refractivity contribution >= 4 is 27.9 Å². The van der Waals surface area contributed by atoms with Gasteiger partial charge in [0.1, 0.15) is 5.75 Å². The topological polar surface area (TPSA) is 29.5 Å². The average molecular weight is 420 g/mol. The molecule has 2 fully saturated rings. The molecule has 2 aliphatic rings. The fourth-order valence-corrected chi connectivity index (χ4v) is 4.97. The van der Waals surface area contributed by atoms with E-state index in [1.807, 2.05) is 24.3 Å². The molecular weight excluding hydrogens is 390 g/mol. The lowest BCUT2D eigenvalue weighted by molar-refractivity contribution is -0.132. The largest absolute Gasteiger partial charge is 0.496 e. The van der Waals surface area contributed by atoms with Crippen molar-refractivity contribution in [1.82, 2.24) is 4.90 Å². The highest BCUT2D eigenvalue weighted by Crippen LogP contribution is 2.31. The Morgan fingerprint density at radius 3 is 2.12 bits per heavy atom. The SMILES string of the molecule is COc1ccc(/C=C/C(=O)N(C2CCCCC2)C2CCCCC2)cc1Br. The van der Waals surface area contributed by atoms with Crippen LogP contribution in [0.1, 0.15) is 69.8 Å². The van der Waals surface area contributed by atoms with E-state index in [0.717, 1.165) is 15.8 Å². The second-order valence-corrected chi connectivity index (χ2v) is 8.41. The fourth-order valence-electron chi connectivity index (χ4n) is 4.42. The van der Waals surface area contributed by atoms with E-state index in [1.165, 1.54) is 64.2 Å². The smallest absolute Gasteiger partial charge is 0.247 e. The molecule has 0 unspecified atom stereocenters. The summed E-state index contributed by atoms with van der Waals surface area (Å²) in [4.78, 5) is 15.4. The first-order valence-electron chi connectivity index (χ1n) is 10.0. The molecule has 1 aromatic carbocycles. The van der Waals surface area contributed by atoms with Crippen molar-refractivity contribution < 1.29 is 9.53 Å². The van der Waals surface area contributed by atoms with Gasteiger partial charge >= 0.3 is 0 Å². The lowest BCUT2D eigenvalue weighted by atomic mass is 9.88. The van der Waals surface area contributed by atoms with Crippen LogP contribution in [0.15, 0.2) is 28.7 Å².